The van der Waals surface area contributed by atoms with Gasteiger partial charge in [0, 0.05) is 32.1 Å². The molecule has 1 aromatic rings. The van der Waals surface area contributed by atoms with Gasteiger partial charge in [0.25, 0.3) is 0 Å². The zero-order chi connectivity index (χ0) is 13.7. The van der Waals surface area contributed by atoms with Gasteiger partial charge in [0.15, 0.2) is 0 Å². The van der Waals surface area contributed by atoms with E-state index in [2.05, 4.69) is 43.4 Å². The van der Waals surface area contributed by atoms with Gasteiger partial charge in [-0.3, -0.25) is 4.79 Å². The second-order valence-corrected chi connectivity index (χ2v) is 5.31. The lowest BCUT2D eigenvalue weighted by Gasteiger charge is -2.34. The van der Waals surface area contributed by atoms with E-state index in [0.29, 0.717) is 12.5 Å². The standard InChI is InChI=1S/C16H24N2O.ClH/c1-3-14-4-6-15(7-5-14)8-9-16(19)18-11-10-17-12-13(18)2;/h4-7,13,17H,3,8-12H2,1-2H3;1H/t13-;/m0./s1. The fourth-order valence-electron chi connectivity index (χ4n) is 2.55. The first-order valence-electron chi connectivity index (χ1n) is 7.28. The molecule has 1 aliphatic rings. The number of hydrogen-bond donors (Lipinski definition) is 1. The van der Waals surface area contributed by atoms with E-state index >= 15 is 0 Å². The van der Waals surface area contributed by atoms with Crippen LogP contribution in [0.25, 0.3) is 0 Å². The number of piperazine rings is 1. The molecule has 0 radical (unpaired) electrons. The van der Waals surface area contributed by atoms with Gasteiger partial charge >= 0.3 is 0 Å². The van der Waals surface area contributed by atoms with Crippen LogP contribution in [0, 0.1) is 0 Å². The van der Waals surface area contributed by atoms with Crippen LogP contribution in [0.2, 0.25) is 0 Å². The lowest BCUT2D eigenvalue weighted by molar-refractivity contribution is -0.133. The van der Waals surface area contributed by atoms with Crippen molar-refractivity contribution in [3.05, 3.63) is 35.4 Å². The third kappa shape index (κ3) is 4.50. The van der Waals surface area contributed by atoms with Crippen LogP contribution in [-0.2, 0) is 17.6 Å². The molecule has 0 unspecified atom stereocenters. The number of aryl methyl sites for hydroxylation is 2. The Morgan fingerprint density at radius 2 is 1.95 bits per heavy atom. The van der Waals surface area contributed by atoms with E-state index in [0.717, 1.165) is 32.5 Å². The molecule has 112 valence electrons. The average molecular weight is 297 g/mol. The maximum Gasteiger partial charge on any atom is 0.223 e. The van der Waals surface area contributed by atoms with Crippen molar-refractivity contribution in [2.24, 2.45) is 0 Å². The fourth-order valence-corrected chi connectivity index (χ4v) is 2.55. The molecule has 3 nitrogen and oxygen atoms in total. The maximum atomic E-state index is 12.2. The number of carbonyl (C=O) groups is 1. The van der Waals surface area contributed by atoms with Crippen LogP contribution in [0.4, 0.5) is 0 Å². The monoisotopic (exact) mass is 296 g/mol. The fraction of sp³-hybridized carbons (Fsp3) is 0.562. The highest BCUT2D eigenvalue weighted by molar-refractivity contribution is 5.85. The van der Waals surface area contributed by atoms with Crippen LogP contribution >= 0.6 is 12.4 Å². The summed E-state index contributed by atoms with van der Waals surface area (Å²) in [6, 6.07) is 8.94. The summed E-state index contributed by atoms with van der Waals surface area (Å²) in [5.74, 6) is 0.286. The molecule has 1 aliphatic heterocycles. The number of amides is 1. The molecule has 20 heavy (non-hydrogen) atoms. The highest BCUT2D eigenvalue weighted by Gasteiger charge is 2.22. The second kappa shape index (κ2) is 8.28. The first kappa shape index (κ1) is 17.0. The van der Waals surface area contributed by atoms with Crippen molar-refractivity contribution in [1.29, 1.82) is 0 Å². The largest absolute Gasteiger partial charge is 0.337 e. The Labute approximate surface area is 128 Å². The molecule has 1 saturated heterocycles. The van der Waals surface area contributed by atoms with Crippen LogP contribution in [0.1, 0.15) is 31.4 Å². The number of halogens is 1. The Kier molecular flexibility index (Phi) is 7.03. The third-order valence-corrected chi connectivity index (χ3v) is 3.88. The molecular formula is C16H25ClN2O. The lowest BCUT2D eigenvalue weighted by atomic mass is 10.1. The summed E-state index contributed by atoms with van der Waals surface area (Å²) in [6.45, 7) is 6.94. The molecule has 1 N–H and O–H groups in total. The van der Waals surface area contributed by atoms with Crippen LogP contribution in [0.15, 0.2) is 24.3 Å². The summed E-state index contributed by atoms with van der Waals surface area (Å²) in [7, 11) is 0. The van der Waals surface area contributed by atoms with E-state index in [-0.39, 0.29) is 18.3 Å². The maximum absolute atomic E-state index is 12.2. The highest BCUT2D eigenvalue weighted by Crippen LogP contribution is 2.10. The molecule has 1 heterocycles. The van der Waals surface area contributed by atoms with E-state index in [1.807, 2.05) is 4.90 Å². The van der Waals surface area contributed by atoms with Crippen molar-refractivity contribution >= 4 is 18.3 Å². The van der Waals surface area contributed by atoms with Crippen molar-refractivity contribution in [3.63, 3.8) is 0 Å². The van der Waals surface area contributed by atoms with Crippen LogP contribution in [0.3, 0.4) is 0 Å². The van der Waals surface area contributed by atoms with Crippen LogP contribution in [-0.4, -0.2) is 36.5 Å². The Morgan fingerprint density at radius 3 is 2.55 bits per heavy atom. The van der Waals surface area contributed by atoms with Crippen molar-refractivity contribution in [1.82, 2.24) is 10.2 Å². The predicted molar refractivity (Wildman–Crippen MR) is 85.4 cm³/mol. The van der Waals surface area contributed by atoms with Gasteiger partial charge in [-0.05, 0) is 30.9 Å². The lowest BCUT2D eigenvalue weighted by Crippen LogP contribution is -2.52. The molecule has 1 fully saturated rings. The second-order valence-electron chi connectivity index (χ2n) is 5.31. The number of nitrogens with one attached hydrogen (secondary N) is 1. The van der Waals surface area contributed by atoms with Gasteiger partial charge in [-0.25, -0.2) is 0 Å². The topological polar surface area (TPSA) is 32.3 Å². The summed E-state index contributed by atoms with van der Waals surface area (Å²) in [5.41, 5.74) is 2.61. The van der Waals surface area contributed by atoms with Gasteiger partial charge in [0.05, 0.1) is 0 Å². The number of hydrogen-bond acceptors (Lipinski definition) is 2. The molecule has 1 aromatic carbocycles. The molecule has 0 spiro atoms. The first-order valence-corrected chi connectivity index (χ1v) is 7.28. The van der Waals surface area contributed by atoms with E-state index in [9.17, 15) is 4.79 Å². The van der Waals surface area contributed by atoms with Gasteiger partial charge in [-0.15, -0.1) is 12.4 Å². The van der Waals surface area contributed by atoms with Gasteiger partial charge in [0.1, 0.15) is 0 Å². The smallest absolute Gasteiger partial charge is 0.223 e. The molecule has 4 heteroatoms. The predicted octanol–water partition coefficient (Wildman–Crippen LogP) is 2.42. The summed E-state index contributed by atoms with van der Waals surface area (Å²) in [6.07, 6.45) is 2.53. The molecular weight excluding hydrogens is 272 g/mol. The van der Waals surface area contributed by atoms with Crippen LogP contribution < -0.4 is 5.32 Å². The molecule has 1 atom stereocenters. The Balaban J connectivity index is 0.00000200. The Morgan fingerprint density at radius 1 is 1.30 bits per heavy atom. The number of nitrogens with zero attached hydrogens (tertiary/aromatic N) is 1. The van der Waals surface area contributed by atoms with Crippen molar-refractivity contribution < 1.29 is 4.79 Å². The number of benzene rings is 1. The molecule has 2 rings (SSSR count). The van der Waals surface area contributed by atoms with E-state index in [1.54, 1.807) is 0 Å². The summed E-state index contributed by atoms with van der Waals surface area (Å²) >= 11 is 0. The minimum absolute atomic E-state index is 0. The number of carbonyl (C=O) groups excluding carboxylic acids is 1. The van der Waals surface area contributed by atoms with Gasteiger partial charge in [-0.1, -0.05) is 31.2 Å². The minimum atomic E-state index is 0. The normalized spacial score (nSPS) is 18.5. The first-order chi connectivity index (χ1) is 9.20. The van der Waals surface area contributed by atoms with Crippen molar-refractivity contribution in [3.8, 4) is 0 Å². The molecule has 0 bridgehead atoms. The van der Waals surface area contributed by atoms with E-state index < -0.39 is 0 Å². The molecule has 1 amide bonds. The third-order valence-electron chi connectivity index (χ3n) is 3.88. The Bertz CT molecular complexity index is 419. The summed E-state index contributed by atoms with van der Waals surface area (Å²) in [4.78, 5) is 14.2. The summed E-state index contributed by atoms with van der Waals surface area (Å²) < 4.78 is 0. The van der Waals surface area contributed by atoms with Crippen molar-refractivity contribution in [2.45, 2.75) is 39.2 Å². The minimum Gasteiger partial charge on any atom is -0.337 e. The Hall–Kier alpha value is -1.06. The quantitative estimate of drug-likeness (QED) is 0.925. The summed E-state index contributed by atoms with van der Waals surface area (Å²) in [5, 5.41) is 3.31. The van der Waals surface area contributed by atoms with Gasteiger partial charge in [0.2, 0.25) is 5.91 Å². The van der Waals surface area contributed by atoms with E-state index in [4.69, 9.17) is 0 Å². The van der Waals surface area contributed by atoms with Gasteiger partial charge in [-0.2, -0.15) is 0 Å². The average Bonchev–Trinajstić information content (AvgIpc) is 2.46. The highest BCUT2D eigenvalue weighted by atomic mass is 35.5. The molecule has 0 aromatic heterocycles. The van der Waals surface area contributed by atoms with E-state index in [1.165, 1.54) is 11.1 Å². The zero-order valence-corrected chi connectivity index (χ0v) is 13.2. The van der Waals surface area contributed by atoms with Crippen LogP contribution in [0.5, 0.6) is 0 Å². The van der Waals surface area contributed by atoms with Gasteiger partial charge < -0.3 is 10.2 Å². The molecule has 0 aliphatic carbocycles. The van der Waals surface area contributed by atoms with Crippen molar-refractivity contribution in [2.75, 3.05) is 19.6 Å². The SMILES string of the molecule is CCc1ccc(CCC(=O)N2CCNC[C@@H]2C)cc1.Cl. The number of rotatable bonds is 4. The zero-order valence-electron chi connectivity index (χ0n) is 12.4. The molecule has 0 saturated carbocycles.